The number of hydrogen-bond donors (Lipinski definition) is 8. The lowest BCUT2D eigenvalue weighted by Crippen LogP contribution is -2.53. The fourth-order valence-corrected chi connectivity index (χ4v) is 5.44. The van der Waals surface area contributed by atoms with E-state index in [4.69, 9.17) is 26.0 Å². The molecule has 2 aliphatic carbocycles. The van der Waals surface area contributed by atoms with E-state index < -0.39 is 48.0 Å². The summed E-state index contributed by atoms with van der Waals surface area (Å²) in [6.07, 6.45) is -1.44. The van der Waals surface area contributed by atoms with Crippen LogP contribution < -0.4 is 16.2 Å². The summed E-state index contributed by atoms with van der Waals surface area (Å²) in [6.45, 7) is 5.22. The predicted octanol–water partition coefficient (Wildman–Crippen LogP) is 0.249. The van der Waals surface area contributed by atoms with E-state index in [1.807, 2.05) is 13.8 Å². The Kier molecular flexibility index (Phi) is 10.1. The Morgan fingerprint density at radius 1 is 1.07 bits per heavy atom. The number of nitrogens with two attached hydrogens (primary N) is 2. The van der Waals surface area contributed by atoms with Crippen molar-refractivity contribution in [3.63, 3.8) is 0 Å². The highest BCUT2D eigenvalue weighted by Crippen LogP contribution is 2.48. The maximum absolute atomic E-state index is 13.2. The van der Waals surface area contributed by atoms with Gasteiger partial charge in [0.15, 0.2) is 12.1 Å². The Bertz CT molecular complexity index is 1290. The number of phenolic OH excluding ortho intramolecular Hbond substituents is 2. The number of phenols is 2. The molecule has 5 unspecified atom stereocenters. The summed E-state index contributed by atoms with van der Waals surface area (Å²) in [5, 5.41) is 60.1. The van der Waals surface area contributed by atoms with E-state index in [9.17, 15) is 35.1 Å². The van der Waals surface area contributed by atoms with E-state index in [0.717, 1.165) is 0 Å². The lowest BCUT2D eigenvalue weighted by Gasteiger charge is -2.38. The molecule has 1 heterocycles. The van der Waals surface area contributed by atoms with Gasteiger partial charge >= 0.3 is 0 Å². The molecule has 2 aromatic carbocycles. The average Bonchev–Trinajstić information content (AvgIpc) is 2.96. The average molecular weight is 577 g/mol. The van der Waals surface area contributed by atoms with Crippen LogP contribution in [-0.2, 0) is 17.6 Å². The maximum atomic E-state index is 13.2. The largest absolute Gasteiger partial charge is 0.507 e. The monoisotopic (exact) mass is 576 g/mol. The van der Waals surface area contributed by atoms with Crippen molar-refractivity contribution in [1.82, 2.24) is 0 Å². The summed E-state index contributed by atoms with van der Waals surface area (Å²) < 4.78 is 10.1. The molecule has 1 aliphatic heterocycles. The molecule has 0 saturated carbocycles. The van der Waals surface area contributed by atoms with Crippen LogP contribution in [0.5, 0.6) is 17.2 Å². The molecular weight excluding hydrogens is 536 g/mol. The second-order valence-electron chi connectivity index (χ2n) is 10.2. The first-order chi connectivity index (χ1) is 19.4. The topological polar surface area (TPSA) is 226 Å². The van der Waals surface area contributed by atoms with Gasteiger partial charge in [0.05, 0.1) is 54.3 Å². The Labute approximate surface area is 238 Å². The van der Waals surface area contributed by atoms with Crippen molar-refractivity contribution in [2.45, 2.75) is 82.6 Å². The number of aromatic hydroxyl groups is 2. The van der Waals surface area contributed by atoms with Gasteiger partial charge in [-0.2, -0.15) is 0 Å². The van der Waals surface area contributed by atoms with Gasteiger partial charge < -0.3 is 51.6 Å². The molecule has 0 aromatic heterocycles. The summed E-state index contributed by atoms with van der Waals surface area (Å²) in [4.78, 5) is 26.3. The van der Waals surface area contributed by atoms with Crippen LogP contribution >= 0.6 is 0 Å². The van der Waals surface area contributed by atoms with Crippen LogP contribution in [0.15, 0.2) is 18.2 Å². The van der Waals surface area contributed by atoms with Crippen LogP contribution in [-0.4, -0.2) is 92.1 Å². The summed E-state index contributed by atoms with van der Waals surface area (Å²) in [7, 11) is 1.37. The number of fused-ring (bicyclic) bond motifs is 3. The minimum absolute atomic E-state index is 0.0387. The van der Waals surface area contributed by atoms with Gasteiger partial charge in [-0.25, -0.2) is 0 Å². The van der Waals surface area contributed by atoms with Gasteiger partial charge in [-0.15, -0.1) is 0 Å². The van der Waals surface area contributed by atoms with Crippen LogP contribution in [0.4, 0.5) is 0 Å². The highest BCUT2D eigenvalue weighted by molar-refractivity contribution is 6.31. The first-order valence-electron chi connectivity index (χ1n) is 13.6. The summed E-state index contributed by atoms with van der Waals surface area (Å²) in [5.41, 5.74) is 9.78. The van der Waals surface area contributed by atoms with Crippen molar-refractivity contribution in [2.24, 2.45) is 11.5 Å². The van der Waals surface area contributed by atoms with Crippen molar-refractivity contribution >= 4 is 11.6 Å². The second kappa shape index (κ2) is 12.8. The number of ether oxygens (including phenoxy) is 2. The molecule has 5 rings (SSSR count). The molecule has 0 bridgehead atoms. The molecule has 3 aliphatic rings. The number of rotatable bonds is 3. The number of carbonyl (C=O) groups is 2. The minimum Gasteiger partial charge on any atom is -0.507 e. The Morgan fingerprint density at radius 3 is 2.27 bits per heavy atom. The van der Waals surface area contributed by atoms with Gasteiger partial charge in [0.1, 0.15) is 17.2 Å². The molecule has 41 heavy (non-hydrogen) atoms. The third-order valence-corrected chi connectivity index (χ3v) is 7.77. The molecule has 6 atom stereocenters. The van der Waals surface area contributed by atoms with E-state index in [1.54, 1.807) is 19.1 Å². The SMILES string of the molecule is CC.CC1OC(O)CC(N)C1O.COc1cccc2c1C(=O)c1c(O)c3c(c(O)c1C2=O)C[C@@](O)(C(N)CO)CC3. The van der Waals surface area contributed by atoms with Crippen LogP contribution in [0, 0.1) is 0 Å². The smallest absolute Gasteiger partial charge is 0.202 e. The highest BCUT2D eigenvalue weighted by atomic mass is 16.6. The summed E-state index contributed by atoms with van der Waals surface area (Å²) in [5.74, 6) is -1.88. The van der Waals surface area contributed by atoms with Crippen LogP contribution in [0.25, 0.3) is 0 Å². The van der Waals surface area contributed by atoms with Crippen molar-refractivity contribution in [3.05, 3.63) is 51.6 Å². The lowest BCUT2D eigenvalue weighted by molar-refractivity contribution is -0.198. The molecule has 2 aromatic rings. The fourth-order valence-electron chi connectivity index (χ4n) is 5.44. The predicted molar refractivity (Wildman–Crippen MR) is 148 cm³/mol. The number of methoxy groups -OCH3 is 1. The molecule has 10 N–H and O–H groups in total. The standard InChI is InChI=1S/C21H21NO7.C6H13NO3.C2H6/c1-29-12-4-2-3-10-14(12)20(27)16-15(18(10)25)19(26)11-7-21(28,13(22)8-23)6-5-9(11)17(16)24;1-3-6(9)4(7)2-5(8)10-3;1-2/h2-4,13,23-24,26,28H,5-8,22H2,1H3;3-6,8-9H,2,7H2,1H3;1-2H3/t13?,21-;;/m1../s1. The lowest BCUT2D eigenvalue weighted by atomic mass is 9.72. The van der Waals surface area contributed by atoms with E-state index in [-0.39, 0.29) is 76.3 Å². The van der Waals surface area contributed by atoms with Crippen LogP contribution in [0.2, 0.25) is 0 Å². The summed E-state index contributed by atoms with van der Waals surface area (Å²) >= 11 is 0. The number of aliphatic hydroxyl groups excluding tert-OH is 3. The van der Waals surface area contributed by atoms with E-state index in [1.165, 1.54) is 13.2 Å². The number of carbonyl (C=O) groups excluding carboxylic acids is 2. The zero-order valence-electron chi connectivity index (χ0n) is 23.6. The molecule has 0 spiro atoms. The van der Waals surface area contributed by atoms with Gasteiger partial charge in [-0.05, 0) is 25.8 Å². The number of ketones is 2. The summed E-state index contributed by atoms with van der Waals surface area (Å²) in [6, 6.07) is 3.23. The molecule has 0 amide bonds. The van der Waals surface area contributed by atoms with Gasteiger partial charge in [0.2, 0.25) is 5.78 Å². The van der Waals surface area contributed by atoms with Gasteiger partial charge in [0.25, 0.3) is 0 Å². The molecular formula is C29H40N2O10. The van der Waals surface area contributed by atoms with Gasteiger partial charge in [0, 0.05) is 35.6 Å². The van der Waals surface area contributed by atoms with E-state index in [2.05, 4.69) is 0 Å². The third kappa shape index (κ3) is 5.82. The molecule has 1 saturated heterocycles. The Morgan fingerprint density at radius 2 is 1.68 bits per heavy atom. The van der Waals surface area contributed by atoms with Crippen LogP contribution in [0.3, 0.4) is 0 Å². The van der Waals surface area contributed by atoms with Crippen molar-refractivity contribution in [1.29, 1.82) is 0 Å². The highest BCUT2D eigenvalue weighted by Gasteiger charge is 2.44. The molecule has 1 fully saturated rings. The molecule has 0 radical (unpaired) electrons. The first kappa shape index (κ1) is 32.4. The number of benzene rings is 2. The normalized spacial score (nSPS) is 27.2. The van der Waals surface area contributed by atoms with Gasteiger partial charge in [-0.3, -0.25) is 9.59 Å². The Hall–Kier alpha value is -3.10. The third-order valence-electron chi connectivity index (χ3n) is 7.77. The minimum atomic E-state index is -1.51. The molecule has 226 valence electrons. The Balaban J connectivity index is 0.000000324. The van der Waals surface area contributed by atoms with Crippen molar-refractivity contribution < 1.29 is 49.7 Å². The van der Waals surface area contributed by atoms with Crippen LogP contribution in [0.1, 0.15) is 76.6 Å². The van der Waals surface area contributed by atoms with Gasteiger partial charge in [-0.1, -0.05) is 26.0 Å². The molecule has 12 heteroatoms. The van der Waals surface area contributed by atoms with E-state index >= 15 is 0 Å². The first-order valence-corrected chi connectivity index (χ1v) is 13.6. The fraction of sp³-hybridized carbons (Fsp3) is 0.517. The zero-order chi connectivity index (χ0) is 30.8. The second-order valence-corrected chi connectivity index (χ2v) is 10.2. The quantitative estimate of drug-likeness (QED) is 0.196. The number of aliphatic hydroxyl groups is 4. The van der Waals surface area contributed by atoms with Crippen molar-refractivity contribution in [3.8, 4) is 17.2 Å². The maximum Gasteiger partial charge on any atom is 0.202 e. The van der Waals surface area contributed by atoms with Crippen molar-refractivity contribution in [2.75, 3.05) is 13.7 Å². The molecule has 12 nitrogen and oxygen atoms in total. The number of hydrogen-bond acceptors (Lipinski definition) is 12. The van der Waals surface area contributed by atoms with E-state index in [0.29, 0.717) is 6.42 Å². The zero-order valence-corrected chi connectivity index (χ0v) is 23.6.